The van der Waals surface area contributed by atoms with Crippen molar-refractivity contribution in [3.63, 3.8) is 0 Å². The molecule has 2 aromatic heterocycles. The molecule has 100 valence electrons. The van der Waals surface area contributed by atoms with Crippen molar-refractivity contribution in [3.05, 3.63) is 41.7 Å². The summed E-state index contributed by atoms with van der Waals surface area (Å²) in [6.45, 7) is 2.16. The van der Waals surface area contributed by atoms with Gasteiger partial charge in [-0.15, -0.1) is 0 Å². The third kappa shape index (κ3) is 2.73. The van der Waals surface area contributed by atoms with Crippen LogP contribution in [-0.2, 0) is 13.6 Å². The van der Waals surface area contributed by atoms with Gasteiger partial charge in [0.2, 0.25) is 0 Å². The second-order valence-electron chi connectivity index (χ2n) is 4.50. The number of aromatic nitrogens is 3. The van der Waals surface area contributed by atoms with Gasteiger partial charge in [0.05, 0.1) is 6.54 Å². The molecule has 0 aliphatic rings. The van der Waals surface area contributed by atoms with E-state index < -0.39 is 0 Å². The molecular formula is C13H16N4O2. The van der Waals surface area contributed by atoms with Crippen LogP contribution >= 0.6 is 0 Å². The normalized spacial score (nSPS) is 10.5. The molecule has 2 heterocycles. The Kier molecular flexibility index (Phi) is 3.50. The first-order chi connectivity index (χ1) is 8.99. The van der Waals surface area contributed by atoms with Crippen LogP contribution in [0.15, 0.2) is 24.7 Å². The zero-order chi connectivity index (χ0) is 14.0. The van der Waals surface area contributed by atoms with E-state index >= 15 is 0 Å². The van der Waals surface area contributed by atoms with E-state index in [4.69, 9.17) is 0 Å². The van der Waals surface area contributed by atoms with Crippen molar-refractivity contribution in [2.45, 2.75) is 13.5 Å². The van der Waals surface area contributed by atoms with Gasteiger partial charge >= 0.3 is 0 Å². The SMILES string of the molecule is Cc1cnc(C(=O)N(C)Cc2nccn2C)c(O)c1. The maximum Gasteiger partial charge on any atom is 0.276 e. The van der Waals surface area contributed by atoms with E-state index in [2.05, 4.69) is 9.97 Å². The molecule has 0 unspecified atom stereocenters. The molecule has 0 atom stereocenters. The van der Waals surface area contributed by atoms with Gasteiger partial charge in [0.25, 0.3) is 5.91 Å². The van der Waals surface area contributed by atoms with Gasteiger partial charge < -0.3 is 14.6 Å². The van der Waals surface area contributed by atoms with Crippen LogP contribution in [0.4, 0.5) is 0 Å². The van der Waals surface area contributed by atoms with Crippen molar-refractivity contribution in [2.24, 2.45) is 7.05 Å². The number of nitrogens with zero attached hydrogens (tertiary/aromatic N) is 4. The third-order valence-corrected chi connectivity index (χ3v) is 2.85. The molecule has 6 heteroatoms. The number of imidazole rings is 1. The van der Waals surface area contributed by atoms with E-state index in [0.717, 1.165) is 11.4 Å². The number of aryl methyl sites for hydroxylation is 2. The van der Waals surface area contributed by atoms with Gasteiger partial charge in [-0.2, -0.15) is 0 Å². The second-order valence-corrected chi connectivity index (χ2v) is 4.50. The third-order valence-electron chi connectivity index (χ3n) is 2.85. The molecule has 2 rings (SSSR count). The van der Waals surface area contributed by atoms with Gasteiger partial charge in [0, 0.05) is 32.7 Å². The van der Waals surface area contributed by atoms with Crippen molar-refractivity contribution < 1.29 is 9.90 Å². The highest BCUT2D eigenvalue weighted by Crippen LogP contribution is 2.17. The Hall–Kier alpha value is -2.37. The lowest BCUT2D eigenvalue weighted by molar-refractivity contribution is 0.0771. The Morgan fingerprint density at radius 1 is 1.47 bits per heavy atom. The minimum absolute atomic E-state index is 0.0577. The molecule has 1 N–H and O–H groups in total. The van der Waals surface area contributed by atoms with Crippen molar-refractivity contribution in [2.75, 3.05) is 7.05 Å². The topological polar surface area (TPSA) is 71.2 Å². The van der Waals surface area contributed by atoms with Gasteiger partial charge in [-0.3, -0.25) is 4.79 Å². The van der Waals surface area contributed by atoms with E-state index in [0.29, 0.717) is 6.54 Å². The molecule has 0 saturated heterocycles. The zero-order valence-electron chi connectivity index (χ0n) is 11.2. The average molecular weight is 260 g/mol. The van der Waals surface area contributed by atoms with Crippen LogP contribution in [0, 0.1) is 6.92 Å². The van der Waals surface area contributed by atoms with Gasteiger partial charge in [-0.1, -0.05) is 0 Å². The Bertz CT molecular complexity index is 606. The van der Waals surface area contributed by atoms with Crippen molar-refractivity contribution in [3.8, 4) is 5.75 Å². The average Bonchev–Trinajstić information content (AvgIpc) is 2.74. The number of carbonyl (C=O) groups is 1. The number of rotatable bonds is 3. The Morgan fingerprint density at radius 3 is 2.79 bits per heavy atom. The van der Waals surface area contributed by atoms with Crippen molar-refractivity contribution in [1.29, 1.82) is 0 Å². The minimum Gasteiger partial charge on any atom is -0.505 e. The monoisotopic (exact) mass is 260 g/mol. The number of aromatic hydroxyl groups is 1. The lowest BCUT2D eigenvalue weighted by Gasteiger charge is -2.17. The smallest absolute Gasteiger partial charge is 0.276 e. The fourth-order valence-electron chi connectivity index (χ4n) is 1.73. The standard InChI is InChI=1S/C13H16N4O2/c1-9-6-10(18)12(15-7-9)13(19)17(3)8-11-14-4-5-16(11)2/h4-7,18H,8H2,1-3H3. The first-order valence-corrected chi connectivity index (χ1v) is 5.86. The van der Waals surface area contributed by atoms with Crippen LogP contribution in [0.5, 0.6) is 5.75 Å². The summed E-state index contributed by atoms with van der Waals surface area (Å²) >= 11 is 0. The van der Waals surface area contributed by atoms with Crippen LogP contribution < -0.4 is 0 Å². The molecule has 2 aromatic rings. The predicted molar refractivity (Wildman–Crippen MR) is 69.6 cm³/mol. The molecule has 1 amide bonds. The summed E-state index contributed by atoms with van der Waals surface area (Å²) in [6, 6.07) is 1.52. The van der Waals surface area contributed by atoms with Gasteiger partial charge in [-0.05, 0) is 18.6 Å². The maximum absolute atomic E-state index is 12.2. The highest BCUT2D eigenvalue weighted by Gasteiger charge is 2.18. The number of hydrogen-bond donors (Lipinski definition) is 1. The van der Waals surface area contributed by atoms with Gasteiger partial charge in [0.1, 0.15) is 11.6 Å². The summed E-state index contributed by atoms with van der Waals surface area (Å²) < 4.78 is 1.84. The second kappa shape index (κ2) is 5.09. The van der Waals surface area contributed by atoms with Gasteiger partial charge in [0.15, 0.2) is 5.69 Å². The molecule has 19 heavy (non-hydrogen) atoms. The molecular weight excluding hydrogens is 244 g/mol. The van der Waals surface area contributed by atoms with E-state index in [-0.39, 0.29) is 17.4 Å². The molecule has 0 spiro atoms. The summed E-state index contributed by atoms with van der Waals surface area (Å²) in [4.78, 5) is 21.8. The van der Waals surface area contributed by atoms with E-state index in [1.165, 1.54) is 11.0 Å². The minimum atomic E-state index is -0.333. The number of hydrogen-bond acceptors (Lipinski definition) is 4. The first-order valence-electron chi connectivity index (χ1n) is 5.86. The first kappa shape index (κ1) is 13.1. The summed E-state index contributed by atoms with van der Waals surface area (Å²) in [7, 11) is 3.51. The summed E-state index contributed by atoms with van der Waals surface area (Å²) in [5.41, 5.74) is 0.864. The maximum atomic E-state index is 12.2. The lowest BCUT2D eigenvalue weighted by Crippen LogP contribution is -2.28. The Morgan fingerprint density at radius 2 is 2.21 bits per heavy atom. The predicted octanol–water partition coefficient (Wildman–Crippen LogP) is 1.10. The largest absolute Gasteiger partial charge is 0.505 e. The quantitative estimate of drug-likeness (QED) is 0.897. The fourth-order valence-corrected chi connectivity index (χ4v) is 1.73. The lowest BCUT2D eigenvalue weighted by atomic mass is 10.2. The fraction of sp³-hybridized carbons (Fsp3) is 0.308. The van der Waals surface area contributed by atoms with Crippen LogP contribution in [0.1, 0.15) is 21.9 Å². The van der Waals surface area contributed by atoms with Crippen LogP contribution in [-0.4, -0.2) is 37.5 Å². The summed E-state index contributed by atoms with van der Waals surface area (Å²) in [6.07, 6.45) is 5.05. The molecule has 0 fully saturated rings. The Balaban J connectivity index is 2.17. The van der Waals surface area contributed by atoms with E-state index in [1.807, 2.05) is 17.8 Å². The number of carbonyl (C=O) groups excluding carboxylic acids is 1. The Labute approximate surface area is 111 Å². The number of pyridine rings is 1. The van der Waals surface area contributed by atoms with E-state index in [9.17, 15) is 9.90 Å². The molecule has 0 aliphatic heterocycles. The summed E-state index contributed by atoms with van der Waals surface area (Å²) in [5.74, 6) is 0.333. The van der Waals surface area contributed by atoms with Gasteiger partial charge in [-0.25, -0.2) is 9.97 Å². The molecule has 0 radical (unpaired) electrons. The molecule has 0 bridgehead atoms. The molecule has 0 saturated carbocycles. The molecule has 0 aromatic carbocycles. The van der Waals surface area contributed by atoms with Crippen LogP contribution in [0.25, 0.3) is 0 Å². The van der Waals surface area contributed by atoms with Crippen LogP contribution in [0.3, 0.4) is 0 Å². The highest BCUT2D eigenvalue weighted by atomic mass is 16.3. The van der Waals surface area contributed by atoms with Crippen molar-refractivity contribution >= 4 is 5.91 Å². The molecule has 6 nitrogen and oxygen atoms in total. The highest BCUT2D eigenvalue weighted by molar-refractivity contribution is 5.94. The number of amides is 1. The molecule has 0 aliphatic carbocycles. The zero-order valence-corrected chi connectivity index (χ0v) is 11.2. The van der Waals surface area contributed by atoms with Crippen LogP contribution in [0.2, 0.25) is 0 Å². The van der Waals surface area contributed by atoms with Crippen molar-refractivity contribution in [1.82, 2.24) is 19.4 Å². The van der Waals surface area contributed by atoms with E-state index in [1.54, 1.807) is 26.4 Å². The summed E-state index contributed by atoms with van der Waals surface area (Å²) in [5, 5.41) is 9.76.